The largest absolute Gasteiger partial charge is 0.451 e. The summed E-state index contributed by atoms with van der Waals surface area (Å²) in [6.45, 7) is 4.56. The predicted molar refractivity (Wildman–Crippen MR) is 77.0 cm³/mol. The van der Waals surface area contributed by atoms with Gasteiger partial charge in [0, 0.05) is 19.2 Å². The number of carbonyl (C=O) groups excluding carboxylic acids is 2. The van der Waals surface area contributed by atoms with Crippen LogP contribution in [0.15, 0.2) is 16.9 Å². The average molecular weight is 295 g/mol. The molecule has 0 bridgehead atoms. The predicted octanol–water partition coefficient (Wildman–Crippen LogP) is 0.726. The van der Waals surface area contributed by atoms with Gasteiger partial charge in [-0.05, 0) is 18.9 Å². The SMILES string of the molecule is CCCCn1nc(C(=O)OCC(=O)NCCC)ccc1=O. The molecule has 1 aromatic heterocycles. The Morgan fingerprint density at radius 2 is 2.05 bits per heavy atom. The molecular weight excluding hydrogens is 274 g/mol. The van der Waals surface area contributed by atoms with E-state index in [-0.39, 0.29) is 23.8 Å². The molecule has 0 aromatic carbocycles. The van der Waals surface area contributed by atoms with Crippen molar-refractivity contribution in [2.24, 2.45) is 0 Å². The number of aromatic nitrogens is 2. The number of nitrogens with zero attached hydrogens (tertiary/aromatic N) is 2. The minimum Gasteiger partial charge on any atom is -0.451 e. The number of amides is 1. The summed E-state index contributed by atoms with van der Waals surface area (Å²) in [6.07, 6.45) is 2.52. The van der Waals surface area contributed by atoms with Gasteiger partial charge in [-0.25, -0.2) is 9.48 Å². The molecular formula is C14H21N3O4. The lowest BCUT2D eigenvalue weighted by molar-refractivity contribution is -0.124. The third-order valence-corrected chi connectivity index (χ3v) is 2.71. The van der Waals surface area contributed by atoms with E-state index in [2.05, 4.69) is 10.4 Å². The highest BCUT2D eigenvalue weighted by molar-refractivity contribution is 5.89. The van der Waals surface area contributed by atoms with Crippen LogP contribution >= 0.6 is 0 Å². The van der Waals surface area contributed by atoms with E-state index in [4.69, 9.17) is 4.74 Å². The second kappa shape index (κ2) is 8.89. The molecule has 1 aromatic rings. The number of unbranched alkanes of at least 4 members (excludes halogenated alkanes) is 1. The summed E-state index contributed by atoms with van der Waals surface area (Å²) in [5.41, 5.74) is -0.241. The van der Waals surface area contributed by atoms with E-state index in [0.717, 1.165) is 19.3 Å². The van der Waals surface area contributed by atoms with Crippen molar-refractivity contribution >= 4 is 11.9 Å². The third-order valence-electron chi connectivity index (χ3n) is 2.71. The maximum absolute atomic E-state index is 11.8. The van der Waals surface area contributed by atoms with Gasteiger partial charge in [0.2, 0.25) is 0 Å². The molecule has 0 saturated carbocycles. The van der Waals surface area contributed by atoms with E-state index in [9.17, 15) is 14.4 Å². The van der Waals surface area contributed by atoms with Gasteiger partial charge in [0.15, 0.2) is 12.3 Å². The van der Waals surface area contributed by atoms with Crippen molar-refractivity contribution in [3.63, 3.8) is 0 Å². The first-order chi connectivity index (χ1) is 10.1. The molecule has 0 aliphatic carbocycles. The summed E-state index contributed by atoms with van der Waals surface area (Å²) in [6, 6.07) is 2.58. The lowest BCUT2D eigenvalue weighted by Gasteiger charge is -2.07. The van der Waals surface area contributed by atoms with Gasteiger partial charge in [0.25, 0.3) is 11.5 Å². The van der Waals surface area contributed by atoms with E-state index in [1.165, 1.54) is 16.8 Å². The molecule has 1 amide bonds. The molecule has 0 fully saturated rings. The fourth-order valence-corrected chi connectivity index (χ4v) is 1.55. The minimum atomic E-state index is -0.716. The van der Waals surface area contributed by atoms with Crippen LogP contribution in [-0.2, 0) is 16.1 Å². The summed E-state index contributed by atoms with van der Waals surface area (Å²) in [5.74, 6) is -1.07. The Labute approximate surface area is 123 Å². The lowest BCUT2D eigenvalue weighted by atomic mass is 10.3. The van der Waals surface area contributed by atoms with Crippen molar-refractivity contribution in [1.82, 2.24) is 15.1 Å². The Morgan fingerprint density at radius 1 is 1.29 bits per heavy atom. The number of rotatable bonds is 8. The van der Waals surface area contributed by atoms with E-state index < -0.39 is 5.97 Å². The summed E-state index contributed by atoms with van der Waals surface area (Å²) >= 11 is 0. The van der Waals surface area contributed by atoms with Gasteiger partial charge in [-0.3, -0.25) is 9.59 Å². The molecule has 21 heavy (non-hydrogen) atoms. The van der Waals surface area contributed by atoms with Crippen molar-refractivity contribution < 1.29 is 14.3 Å². The van der Waals surface area contributed by atoms with E-state index in [1.807, 2.05) is 13.8 Å². The van der Waals surface area contributed by atoms with Gasteiger partial charge < -0.3 is 10.1 Å². The van der Waals surface area contributed by atoms with Crippen LogP contribution in [0.5, 0.6) is 0 Å². The zero-order valence-corrected chi connectivity index (χ0v) is 12.4. The number of nitrogens with one attached hydrogen (secondary N) is 1. The molecule has 0 aliphatic rings. The standard InChI is InChI=1S/C14H21N3O4/c1-3-5-9-17-13(19)7-6-11(16-17)14(20)21-10-12(18)15-8-4-2/h6-7H,3-5,8-10H2,1-2H3,(H,15,18). The van der Waals surface area contributed by atoms with Gasteiger partial charge >= 0.3 is 5.97 Å². The Balaban J connectivity index is 2.61. The number of ether oxygens (including phenoxy) is 1. The van der Waals surface area contributed by atoms with Gasteiger partial charge in [0.1, 0.15) is 0 Å². The Hall–Kier alpha value is -2.18. The van der Waals surface area contributed by atoms with Gasteiger partial charge in [0.05, 0.1) is 0 Å². The molecule has 0 unspecified atom stereocenters. The van der Waals surface area contributed by atoms with Crippen LogP contribution in [0, 0.1) is 0 Å². The number of hydrogen-bond donors (Lipinski definition) is 1. The van der Waals surface area contributed by atoms with E-state index >= 15 is 0 Å². The summed E-state index contributed by atoms with van der Waals surface area (Å²) < 4.78 is 6.09. The van der Waals surface area contributed by atoms with E-state index in [1.54, 1.807) is 0 Å². The first-order valence-corrected chi connectivity index (χ1v) is 7.10. The summed E-state index contributed by atoms with van der Waals surface area (Å²) in [5, 5.41) is 6.54. The molecule has 7 heteroatoms. The number of carbonyl (C=O) groups is 2. The molecule has 0 atom stereocenters. The zero-order chi connectivity index (χ0) is 15.7. The van der Waals surface area contributed by atoms with Gasteiger partial charge in [-0.2, -0.15) is 5.10 Å². The normalized spacial score (nSPS) is 10.2. The van der Waals surface area contributed by atoms with Crippen LogP contribution in [0.1, 0.15) is 43.6 Å². The third kappa shape index (κ3) is 5.76. The van der Waals surface area contributed by atoms with Crippen LogP contribution < -0.4 is 10.9 Å². The van der Waals surface area contributed by atoms with E-state index in [0.29, 0.717) is 13.1 Å². The first-order valence-electron chi connectivity index (χ1n) is 7.10. The van der Waals surface area contributed by atoms with Crippen LogP contribution in [-0.4, -0.2) is 34.8 Å². The average Bonchev–Trinajstić information content (AvgIpc) is 2.49. The highest BCUT2D eigenvalue weighted by atomic mass is 16.5. The van der Waals surface area contributed by atoms with Crippen LogP contribution in [0.3, 0.4) is 0 Å². The monoisotopic (exact) mass is 295 g/mol. The highest BCUT2D eigenvalue weighted by Crippen LogP contribution is 1.97. The second-order valence-electron chi connectivity index (χ2n) is 4.56. The maximum Gasteiger partial charge on any atom is 0.359 e. The fraction of sp³-hybridized carbons (Fsp3) is 0.571. The second-order valence-corrected chi connectivity index (χ2v) is 4.56. The Morgan fingerprint density at radius 3 is 2.71 bits per heavy atom. The summed E-state index contributed by atoms with van der Waals surface area (Å²) in [4.78, 5) is 34.7. The smallest absolute Gasteiger partial charge is 0.359 e. The summed E-state index contributed by atoms with van der Waals surface area (Å²) in [7, 11) is 0. The molecule has 0 saturated heterocycles. The molecule has 116 valence electrons. The molecule has 0 radical (unpaired) electrons. The zero-order valence-electron chi connectivity index (χ0n) is 12.4. The number of aryl methyl sites for hydroxylation is 1. The topological polar surface area (TPSA) is 90.3 Å². The lowest BCUT2D eigenvalue weighted by Crippen LogP contribution is -2.30. The molecule has 1 N–H and O–H groups in total. The molecule has 0 spiro atoms. The van der Waals surface area contributed by atoms with Gasteiger partial charge in [-0.15, -0.1) is 0 Å². The van der Waals surface area contributed by atoms with Crippen molar-refractivity contribution in [2.45, 2.75) is 39.7 Å². The Kier molecular flexibility index (Phi) is 7.14. The van der Waals surface area contributed by atoms with Crippen LogP contribution in [0.4, 0.5) is 0 Å². The number of esters is 1. The molecule has 0 aliphatic heterocycles. The van der Waals surface area contributed by atoms with Crippen LogP contribution in [0.2, 0.25) is 0 Å². The van der Waals surface area contributed by atoms with Crippen molar-refractivity contribution in [1.29, 1.82) is 0 Å². The Bertz CT molecular complexity index is 539. The van der Waals surface area contributed by atoms with Crippen LogP contribution in [0.25, 0.3) is 0 Å². The first kappa shape index (κ1) is 16.9. The molecule has 1 rings (SSSR count). The maximum atomic E-state index is 11.8. The van der Waals surface area contributed by atoms with Crippen molar-refractivity contribution in [3.05, 3.63) is 28.2 Å². The fourth-order valence-electron chi connectivity index (χ4n) is 1.55. The van der Waals surface area contributed by atoms with Crippen molar-refractivity contribution in [3.8, 4) is 0 Å². The molecule has 7 nitrogen and oxygen atoms in total. The number of hydrogen-bond acceptors (Lipinski definition) is 5. The molecule has 1 heterocycles. The quantitative estimate of drug-likeness (QED) is 0.714. The minimum absolute atomic E-state index is 0.0222. The van der Waals surface area contributed by atoms with Gasteiger partial charge in [-0.1, -0.05) is 20.3 Å². The van der Waals surface area contributed by atoms with Crippen molar-refractivity contribution in [2.75, 3.05) is 13.2 Å². The highest BCUT2D eigenvalue weighted by Gasteiger charge is 2.13.